The Labute approximate surface area is 547 Å². The number of fused-ring (bicyclic) bond motifs is 2. The van der Waals surface area contributed by atoms with Gasteiger partial charge in [0.2, 0.25) is 0 Å². The van der Waals surface area contributed by atoms with Crippen LogP contribution in [0.1, 0.15) is 150 Å². The summed E-state index contributed by atoms with van der Waals surface area (Å²) in [4.78, 5) is 65.6. The number of rotatable bonds is 12. The molecule has 4 aliphatic rings. The van der Waals surface area contributed by atoms with Gasteiger partial charge in [0.25, 0.3) is 23.6 Å². The summed E-state index contributed by atoms with van der Waals surface area (Å²) in [5.74, 6) is -1.06. The molecule has 0 N–H and O–H groups in total. The lowest BCUT2D eigenvalue weighted by atomic mass is 9.77. The molecule has 0 aromatic heterocycles. The Morgan fingerprint density at radius 3 is 0.766 bits per heavy atom. The maximum absolute atomic E-state index is 15.8. The van der Waals surface area contributed by atoms with Crippen LogP contribution in [0.15, 0.2) is 267 Å². The number of imide groups is 2. The topological polar surface area (TPSA) is 74.8 Å². The molecule has 0 unspecified atom stereocenters. The second kappa shape index (κ2) is 23.6. The lowest BCUT2D eigenvalue weighted by molar-refractivity contribution is 0.0487. The van der Waals surface area contributed by atoms with Crippen molar-refractivity contribution in [3.05, 3.63) is 334 Å². The fraction of sp³-hybridized carbons (Fsp3) is 0.136. The summed E-state index contributed by atoms with van der Waals surface area (Å²) in [5.41, 5.74) is 18.4. The monoisotopic (exact) mass is 1210 g/mol. The molecule has 0 radical (unpaired) electrons. The SMILES string of the molecule is O=C1c2ccc3c4c(-c5ccc(C(=C(c6ccccc6)c6ccccc6)c6ccccc6)cc5)cc5c6c(ccc(c7c(-c8ccc(C(=C(c9ccccc9)c9ccccc9)c9ccccc9)cc8)cc(c2c37)C(=O)N1C1CCCCC1)c64)C(=O)N(C1CCCCC1)C5=O. The minimum absolute atomic E-state index is 0.207. The van der Waals surface area contributed by atoms with Gasteiger partial charge in [-0.2, -0.15) is 0 Å². The van der Waals surface area contributed by atoms with Crippen LogP contribution < -0.4 is 0 Å². The van der Waals surface area contributed by atoms with Gasteiger partial charge in [-0.1, -0.05) is 281 Å². The summed E-state index contributed by atoms with van der Waals surface area (Å²) in [7, 11) is 0. The number of carbonyl (C=O) groups is 4. The van der Waals surface area contributed by atoms with Crippen LogP contribution in [0.25, 0.3) is 87.6 Å². The highest BCUT2D eigenvalue weighted by molar-refractivity contribution is 6.44. The van der Waals surface area contributed by atoms with E-state index in [0.717, 1.165) is 186 Å². The third kappa shape index (κ3) is 9.37. The van der Waals surface area contributed by atoms with Crippen molar-refractivity contribution in [3.8, 4) is 22.3 Å². The van der Waals surface area contributed by atoms with Crippen molar-refractivity contribution in [2.75, 3.05) is 0 Å². The van der Waals surface area contributed by atoms with Gasteiger partial charge >= 0.3 is 0 Å². The minimum Gasteiger partial charge on any atom is -0.271 e. The predicted molar refractivity (Wildman–Crippen MR) is 382 cm³/mol. The van der Waals surface area contributed by atoms with Gasteiger partial charge in [0.15, 0.2) is 0 Å². The molecule has 0 spiro atoms. The van der Waals surface area contributed by atoms with Crippen LogP contribution in [-0.2, 0) is 0 Å². The molecule has 0 atom stereocenters. The third-order valence-electron chi connectivity index (χ3n) is 20.6. The largest absolute Gasteiger partial charge is 0.271 e. The fourth-order valence-corrected chi connectivity index (χ4v) is 16.4. The maximum Gasteiger partial charge on any atom is 0.261 e. The molecule has 6 nitrogen and oxygen atoms in total. The first-order valence-corrected chi connectivity index (χ1v) is 33.4. The van der Waals surface area contributed by atoms with E-state index < -0.39 is 0 Å². The Morgan fingerprint density at radius 2 is 0.489 bits per heavy atom. The molecule has 17 rings (SSSR count). The second-order valence-corrected chi connectivity index (χ2v) is 25.9. The van der Waals surface area contributed by atoms with Crippen LogP contribution in [0.3, 0.4) is 0 Å². The highest BCUT2D eigenvalue weighted by atomic mass is 16.2. The quantitative estimate of drug-likeness (QED) is 0.0529. The molecule has 6 heteroatoms. The van der Waals surface area contributed by atoms with Gasteiger partial charge in [-0.3, -0.25) is 29.0 Å². The van der Waals surface area contributed by atoms with E-state index in [4.69, 9.17) is 0 Å². The molecule has 2 aliphatic heterocycles. The van der Waals surface area contributed by atoms with E-state index in [2.05, 4.69) is 255 Å². The van der Waals surface area contributed by atoms with Crippen LogP contribution in [-0.4, -0.2) is 45.5 Å². The fourth-order valence-electron chi connectivity index (χ4n) is 16.4. The number of nitrogens with zero attached hydrogens (tertiary/aromatic N) is 2. The van der Waals surface area contributed by atoms with Gasteiger partial charge in [0.1, 0.15) is 0 Å². The molecule has 13 aromatic rings. The van der Waals surface area contributed by atoms with Crippen molar-refractivity contribution in [3.63, 3.8) is 0 Å². The Bertz CT molecular complexity index is 4810. The van der Waals surface area contributed by atoms with E-state index in [-0.39, 0.29) is 35.7 Å². The van der Waals surface area contributed by atoms with Crippen molar-refractivity contribution < 1.29 is 19.2 Å². The van der Waals surface area contributed by atoms with E-state index in [9.17, 15) is 0 Å². The number of hydrogen-bond donors (Lipinski definition) is 0. The zero-order valence-electron chi connectivity index (χ0n) is 52.2. The average molecular weight is 1220 g/mol. The highest BCUT2D eigenvalue weighted by Crippen LogP contribution is 2.53. The van der Waals surface area contributed by atoms with Crippen molar-refractivity contribution >= 4 is 89.0 Å². The van der Waals surface area contributed by atoms with Crippen molar-refractivity contribution in [2.45, 2.75) is 76.3 Å². The first kappa shape index (κ1) is 56.9. The molecule has 2 heterocycles. The zero-order chi connectivity index (χ0) is 63.0. The standard InChI is InChI=1S/C88H66N2O4/c91-85-69-52-50-68-80-72(56-43-47-64(48-44-56)78(62-35-19-6-20-36-62)76(59-29-13-3-14-30-59)60-31-15-4-16-32-60)54-74-82-70(86(92)90(88(74)94)66-39-23-8-24-40-66)51-49-67(84(80)82)79-71(53-73(81(69)83(68)79)87(93)89(85)65-37-21-7-22-38-65)55-41-45-63(46-42-55)77(61-33-17-5-18-34-61)75(57-25-9-1-10-26-57)58-27-11-2-12-28-58/h1-6,9-20,25-36,41-54,65-66H,7-8,21-24,37-40H2. The Balaban J connectivity index is 0.947. The molecular weight excluding hydrogens is 1150 g/mol. The molecule has 2 saturated carbocycles. The van der Waals surface area contributed by atoms with Crippen molar-refractivity contribution in [2.24, 2.45) is 0 Å². The average Bonchev–Trinajstić information content (AvgIpc) is 0.678. The van der Waals surface area contributed by atoms with E-state index >= 15 is 19.2 Å². The molecule has 0 bridgehead atoms. The summed E-state index contributed by atoms with van der Waals surface area (Å²) >= 11 is 0. The molecule has 13 aromatic carbocycles. The van der Waals surface area contributed by atoms with Crippen LogP contribution in [0, 0.1) is 0 Å². The van der Waals surface area contributed by atoms with Gasteiger partial charge in [0, 0.05) is 45.1 Å². The second-order valence-electron chi connectivity index (χ2n) is 25.9. The zero-order valence-corrected chi connectivity index (χ0v) is 52.2. The van der Waals surface area contributed by atoms with Gasteiger partial charge < -0.3 is 0 Å². The molecule has 4 amide bonds. The highest BCUT2D eigenvalue weighted by Gasteiger charge is 2.43. The summed E-state index contributed by atoms with van der Waals surface area (Å²) in [5, 5.41) is 6.32. The van der Waals surface area contributed by atoms with Gasteiger partial charge in [-0.25, -0.2) is 0 Å². The summed E-state index contributed by atoms with van der Waals surface area (Å²) < 4.78 is 0. The minimum atomic E-state index is -0.269. The molecule has 94 heavy (non-hydrogen) atoms. The smallest absolute Gasteiger partial charge is 0.261 e. The number of benzene rings is 13. The first-order chi connectivity index (χ1) is 46.4. The van der Waals surface area contributed by atoms with E-state index in [1.165, 1.54) is 0 Å². The molecule has 2 aliphatic carbocycles. The number of hydrogen-bond acceptors (Lipinski definition) is 4. The molecular formula is C88H66N2O4. The summed E-state index contributed by atoms with van der Waals surface area (Å²) in [6.45, 7) is 0. The van der Waals surface area contributed by atoms with E-state index in [1.807, 2.05) is 12.1 Å². The first-order valence-electron chi connectivity index (χ1n) is 33.4. The van der Waals surface area contributed by atoms with Gasteiger partial charge in [-0.05, 0) is 171 Å². The van der Waals surface area contributed by atoms with Crippen molar-refractivity contribution in [1.29, 1.82) is 0 Å². The lowest BCUT2D eigenvalue weighted by Crippen LogP contribution is -2.48. The lowest BCUT2D eigenvalue weighted by Gasteiger charge is -2.37. The molecule has 0 saturated heterocycles. The number of amides is 4. The maximum atomic E-state index is 15.8. The van der Waals surface area contributed by atoms with E-state index in [0.29, 0.717) is 33.0 Å². The van der Waals surface area contributed by atoms with Crippen LogP contribution in [0.5, 0.6) is 0 Å². The van der Waals surface area contributed by atoms with Crippen LogP contribution in [0.4, 0.5) is 0 Å². The normalized spacial score (nSPS) is 15.2. The Kier molecular flexibility index (Phi) is 14.2. The molecule has 452 valence electrons. The van der Waals surface area contributed by atoms with Crippen LogP contribution in [0.2, 0.25) is 0 Å². The van der Waals surface area contributed by atoms with Crippen LogP contribution >= 0.6 is 0 Å². The number of carbonyl (C=O) groups excluding carboxylic acids is 4. The van der Waals surface area contributed by atoms with Crippen molar-refractivity contribution in [1.82, 2.24) is 9.80 Å². The summed E-state index contributed by atoms with van der Waals surface area (Å²) in [6.07, 6.45) is 9.06. The van der Waals surface area contributed by atoms with Gasteiger partial charge in [0.05, 0.1) is 0 Å². The van der Waals surface area contributed by atoms with Gasteiger partial charge in [-0.15, -0.1) is 0 Å². The predicted octanol–water partition coefficient (Wildman–Crippen LogP) is 20.9. The summed E-state index contributed by atoms with van der Waals surface area (Å²) in [6, 6.07) is 92.7. The van der Waals surface area contributed by atoms with E-state index in [1.54, 1.807) is 9.80 Å². The Morgan fingerprint density at radius 1 is 0.234 bits per heavy atom. The Hall–Kier alpha value is -11.1. The molecule has 2 fully saturated rings. The third-order valence-corrected chi connectivity index (χ3v) is 20.6.